The lowest BCUT2D eigenvalue weighted by molar-refractivity contribution is 0.0660. The fourth-order valence-electron chi connectivity index (χ4n) is 2.56. The average molecular weight is 297 g/mol. The first-order valence-electron chi connectivity index (χ1n) is 6.75. The number of nitrogens with two attached hydrogens (primary N) is 1. The van der Waals surface area contributed by atoms with Gasteiger partial charge in [-0.2, -0.15) is 0 Å². The van der Waals surface area contributed by atoms with Crippen LogP contribution in [0, 0.1) is 0 Å². The number of piperidine rings is 1. The Labute approximate surface area is 124 Å². The van der Waals surface area contributed by atoms with Crippen LogP contribution in [0.2, 0.25) is 5.02 Å². The molecule has 0 spiro atoms. The van der Waals surface area contributed by atoms with E-state index in [1.54, 1.807) is 23.1 Å². The van der Waals surface area contributed by atoms with Gasteiger partial charge in [0.1, 0.15) is 0 Å². The maximum atomic E-state index is 12.6. The van der Waals surface area contributed by atoms with Crippen molar-refractivity contribution in [2.75, 3.05) is 32.6 Å². The lowest BCUT2D eigenvalue weighted by Gasteiger charge is -2.35. The van der Waals surface area contributed by atoms with E-state index in [1.807, 2.05) is 7.05 Å². The van der Waals surface area contributed by atoms with Gasteiger partial charge in [0.15, 0.2) is 0 Å². The van der Waals surface area contributed by atoms with Gasteiger partial charge in [0.25, 0.3) is 5.91 Å². The number of hydrogen-bond acceptors (Lipinski definition) is 4. The molecule has 20 heavy (non-hydrogen) atoms. The lowest BCUT2D eigenvalue weighted by atomic mass is 10.0. The molecule has 6 heteroatoms. The van der Waals surface area contributed by atoms with Crippen LogP contribution < -0.4 is 11.3 Å². The van der Waals surface area contributed by atoms with Crippen LogP contribution in [0.25, 0.3) is 0 Å². The molecule has 1 aromatic carbocycles. The Hall–Kier alpha value is -1.30. The van der Waals surface area contributed by atoms with E-state index in [2.05, 4.69) is 17.4 Å². The number of carbonyl (C=O) groups is 1. The van der Waals surface area contributed by atoms with Crippen molar-refractivity contribution in [3.8, 4) is 0 Å². The smallest absolute Gasteiger partial charge is 0.256 e. The number of likely N-dealkylation sites (tertiary alicyclic amines) is 1. The Morgan fingerprint density at radius 2 is 2.10 bits per heavy atom. The van der Waals surface area contributed by atoms with Crippen molar-refractivity contribution < 1.29 is 4.79 Å². The summed E-state index contributed by atoms with van der Waals surface area (Å²) in [5, 5.41) is 0.532. The van der Waals surface area contributed by atoms with Crippen LogP contribution in [0.3, 0.4) is 0 Å². The minimum atomic E-state index is -0.0463. The van der Waals surface area contributed by atoms with Crippen molar-refractivity contribution in [3.05, 3.63) is 28.8 Å². The standard InChI is InChI=1S/C14H21ClN4O/c1-18-7-5-11(6-8-18)19(2)14(20)12-9-10(15)3-4-13(12)17-16/h3-4,9,11,17H,5-8,16H2,1-2H3. The predicted octanol–water partition coefficient (Wildman–Crippen LogP) is 1.79. The largest absolute Gasteiger partial charge is 0.339 e. The molecular weight excluding hydrogens is 276 g/mol. The summed E-state index contributed by atoms with van der Waals surface area (Å²) in [5.41, 5.74) is 3.67. The highest BCUT2D eigenvalue weighted by Crippen LogP contribution is 2.23. The minimum Gasteiger partial charge on any atom is -0.339 e. The van der Waals surface area contributed by atoms with E-state index in [9.17, 15) is 4.79 Å². The first-order valence-corrected chi connectivity index (χ1v) is 7.12. The van der Waals surface area contributed by atoms with Gasteiger partial charge < -0.3 is 15.2 Å². The van der Waals surface area contributed by atoms with Gasteiger partial charge in [-0.15, -0.1) is 0 Å². The third-order valence-corrected chi connectivity index (χ3v) is 4.16. The van der Waals surface area contributed by atoms with Crippen LogP contribution in [-0.4, -0.2) is 48.9 Å². The van der Waals surface area contributed by atoms with Crippen molar-refractivity contribution in [1.82, 2.24) is 9.80 Å². The highest BCUT2D eigenvalue weighted by atomic mass is 35.5. The number of amides is 1. The monoisotopic (exact) mass is 296 g/mol. The van der Waals surface area contributed by atoms with E-state index in [-0.39, 0.29) is 11.9 Å². The number of carbonyl (C=O) groups excluding carboxylic acids is 1. The van der Waals surface area contributed by atoms with Crippen LogP contribution in [0.15, 0.2) is 18.2 Å². The third kappa shape index (κ3) is 3.23. The molecule has 0 bridgehead atoms. The number of benzene rings is 1. The normalized spacial score (nSPS) is 17.0. The number of halogens is 1. The van der Waals surface area contributed by atoms with Crippen LogP contribution in [-0.2, 0) is 0 Å². The van der Waals surface area contributed by atoms with E-state index >= 15 is 0 Å². The van der Waals surface area contributed by atoms with Crippen molar-refractivity contribution in [1.29, 1.82) is 0 Å². The number of nitrogens with zero attached hydrogens (tertiary/aromatic N) is 2. The number of hydrazine groups is 1. The van der Waals surface area contributed by atoms with Crippen molar-refractivity contribution in [2.24, 2.45) is 5.84 Å². The van der Waals surface area contributed by atoms with E-state index in [4.69, 9.17) is 17.4 Å². The molecule has 5 nitrogen and oxygen atoms in total. The molecule has 1 aliphatic heterocycles. The van der Waals surface area contributed by atoms with Crippen LogP contribution in [0.5, 0.6) is 0 Å². The summed E-state index contributed by atoms with van der Waals surface area (Å²) in [6.45, 7) is 2.03. The fraction of sp³-hybridized carbons (Fsp3) is 0.500. The van der Waals surface area contributed by atoms with Gasteiger partial charge in [0.2, 0.25) is 0 Å². The quantitative estimate of drug-likeness (QED) is 0.659. The van der Waals surface area contributed by atoms with Gasteiger partial charge in [-0.3, -0.25) is 10.6 Å². The Balaban J connectivity index is 2.16. The summed E-state index contributed by atoms with van der Waals surface area (Å²) in [6, 6.07) is 5.36. The van der Waals surface area contributed by atoms with Gasteiger partial charge in [-0.1, -0.05) is 11.6 Å². The molecule has 1 saturated heterocycles. The number of nitrogen functional groups attached to an aromatic ring is 1. The molecule has 1 fully saturated rings. The summed E-state index contributed by atoms with van der Waals surface area (Å²) in [6.07, 6.45) is 1.98. The molecule has 0 atom stereocenters. The predicted molar refractivity (Wildman–Crippen MR) is 81.9 cm³/mol. The third-order valence-electron chi connectivity index (χ3n) is 3.92. The zero-order valence-electron chi connectivity index (χ0n) is 11.9. The van der Waals surface area contributed by atoms with Gasteiger partial charge >= 0.3 is 0 Å². The maximum Gasteiger partial charge on any atom is 0.256 e. The number of anilines is 1. The Morgan fingerprint density at radius 1 is 1.45 bits per heavy atom. The summed E-state index contributed by atoms with van der Waals surface area (Å²) in [7, 11) is 3.95. The molecular formula is C14H21ClN4O. The molecule has 1 aliphatic rings. The first-order chi connectivity index (χ1) is 9.52. The molecule has 0 unspecified atom stereocenters. The summed E-state index contributed by atoms with van der Waals surface area (Å²) in [4.78, 5) is 16.7. The van der Waals surface area contributed by atoms with Crippen molar-refractivity contribution >= 4 is 23.2 Å². The SMILES string of the molecule is CN1CCC(N(C)C(=O)c2cc(Cl)ccc2NN)CC1. The van der Waals surface area contributed by atoms with Crippen LogP contribution in [0.4, 0.5) is 5.69 Å². The topological polar surface area (TPSA) is 61.6 Å². The van der Waals surface area contributed by atoms with E-state index in [1.165, 1.54) is 0 Å². The molecule has 1 heterocycles. The Morgan fingerprint density at radius 3 is 2.70 bits per heavy atom. The second kappa shape index (κ2) is 6.43. The molecule has 0 aromatic heterocycles. The van der Waals surface area contributed by atoms with Crippen molar-refractivity contribution in [2.45, 2.75) is 18.9 Å². The summed E-state index contributed by atoms with van der Waals surface area (Å²) in [5.74, 6) is 5.42. The van der Waals surface area contributed by atoms with Crippen molar-refractivity contribution in [3.63, 3.8) is 0 Å². The van der Waals surface area contributed by atoms with Crippen LogP contribution >= 0.6 is 11.6 Å². The molecule has 0 aliphatic carbocycles. The Kier molecular flexibility index (Phi) is 4.86. The second-order valence-corrected chi connectivity index (χ2v) is 5.72. The molecule has 1 aromatic rings. The Bertz CT molecular complexity index is 486. The van der Waals surface area contributed by atoms with Gasteiger partial charge in [0.05, 0.1) is 11.3 Å². The fourth-order valence-corrected chi connectivity index (χ4v) is 2.73. The molecule has 1 amide bonds. The number of rotatable bonds is 3. The second-order valence-electron chi connectivity index (χ2n) is 5.28. The summed E-state index contributed by atoms with van der Waals surface area (Å²) >= 11 is 5.98. The average Bonchev–Trinajstić information content (AvgIpc) is 2.46. The van der Waals surface area contributed by atoms with E-state index in [0.717, 1.165) is 25.9 Å². The molecule has 2 rings (SSSR count). The van der Waals surface area contributed by atoms with E-state index < -0.39 is 0 Å². The van der Waals surface area contributed by atoms with Crippen LogP contribution in [0.1, 0.15) is 23.2 Å². The maximum absolute atomic E-state index is 12.6. The summed E-state index contributed by atoms with van der Waals surface area (Å²) < 4.78 is 0. The zero-order valence-corrected chi connectivity index (χ0v) is 12.7. The minimum absolute atomic E-state index is 0.0463. The van der Waals surface area contributed by atoms with Gasteiger partial charge in [0, 0.05) is 18.1 Å². The molecule has 0 radical (unpaired) electrons. The number of nitrogens with one attached hydrogen (secondary N) is 1. The lowest BCUT2D eigenvalue weighted by Crippen LogP contribution is -2.44. The van der Waals surface area contributed by atoms with Gasteiger partial charge in [-0.25, -0.2) is 0 Å². The highest BCUT2D eigenvalue weighted by Gasteiger charge is 2.26. The van der Waals surface area contributed by atoms with E-state index in [0.29, 0.717) is 16.3 Å². The molecule has 110 valence electrons. The highest BCUT2D eigenvalue weighted by molar-refractivity contribution is 6.31. The number of hydrogen-bond donors (Lipinski definition) is 2. The molecule has 3 N–H and O–H groups in total. The van der Waals surface area contributed by atoms with Gasteiger partial charge in [-0.05, 0) is 51.2 Å². The first kappa shape index (κ1) is 15.1. The zero-order chi connectivity index (χ0) is 14.7. The molecule has 0 saturated carbocycles.